The molecule has 0 spiro atoms. The van der Waals surface area contributed by atoms with Crippen LogP contribution < -0.4 is 10.6 Å². The van der Waals surface area contributed by atoms with Crippen molar-refractivity contribution in [2.24, 2.45) is 0 Å². The molecule has 2 rings (SSSR count). The minimum atomic E-state index is -0.413. The van der Waals surface area contributed by atoms with Gasteiger partial charge in [0.15, 0.2) is 5.11 Å². The Bertz CT molecular complexity index is 796. The Kier molecular flexibility index (Phi) is 6.42. The van der Waals surface area contributed by atoms with Gasteiger partial charge in [-0.2, -0.15) is 0 Å². The van der Waals surface area contributed by atoms with Crippen molar-refractivity contribution in [3.8, 4) is 0 Å². The number of hydrogen-bond donors (Lipinski definition) is 2. The Morgan fingerprint density at radius 2 is 1.68 bits per heavy atom. The first-order chi connectivity index (χ1) is 12.0. The molecule has 0 radical (unpaired) electrons. The van der Waals surface area contributed by atoms with Crippen LogP contribution in [-0.2, 0) is 9.53 Å². The SMILES string of the molecule is COC(=O)c1ccc(NC(=S)NC(=O)/C=C/c2ccc(C)cc2)cc1. The van der Waals surface area contributed by atoms with Gasteiger partial charge in [-0.05, 0) is 55.0 Å². The maximum Gasteiger partial charge on any atom is 0.337 e. The van der Waals surface area contributed by atoms with E-state index < -0.39 is 5.97 Å². The maximum atomic E-state index is 11.9. The molecule has 1 amide bonds. The van der Waals surface area contributed by atoms with E-state index in [1.54, 1.807) is 30.3 Å². The molecule has 0 aliphatic rings. The molecule has 0 unspecified atom stereocenters. The average Bonchev–Trinajstić information content (AvgIpc) is 2.61. The largest absolute Gasteiger partial charge is 0.465 e. The molecule has 0 bridgehead atoms. The van der Waals surface area contributed by atoms with E-state index in [0.717, 1.165) is 11.1 Å². The highest BCUT2D eigenvalue weighted by Crippen LogP contribution is 2.10. The van der Waals surface area contributed by atoms with Crippen LogP contribution in [0.5, 0.6) is 0 Å². The number of thiocarbonyl (C=S) groups is 1. The minimum Gasteiger partial charge on any atom is -0.465 e. The molecule has 0 saturated carbocycles. The van der Waals surface area contributed by atoms with Gasteiger partial charge < -0.3 is 10.1 Å². The summed E-state index contributed by atoms with van der Waals surface area (Å²) in [4.78, 5) is 23.2. The number of hydrogen-bond acceptors (Lipinski definition) is 4. The molecule has 25 heavy (non-hydrogen) atoms. The number of anilines is 1. The fourth-order valence-corrected chi connectivity index (χ4v) is 2.19. The van der Waals surface area contributed by atoms with Crippen LogP contribution in [0.1, 0.15) is 21.5 Å². The number of aryl methyl sites for hydroxylation is 1. The number of amides is 1. The highest BCUT2D eigenvalue weighted by Gasteiger charge is 2.06. The van der Waals surface area contributed by atoms with Gasteiger partial charge in [0.05, 0.1) is 12.7 Å². The molecule has 128 valence electrons. The lowest BCUT2D eigenvalue weighted by atomic mass is 10.1. The van der Waals surface area contributed by atoms with Gasteiger partial charge in [0.2, 0.25) is 5.91 Å². The second-order valence-electron chi connectivity index (χ2n) is 5.26. The molecule has 0 heterocycles. The summed E-state index contributed by atoms with van der Waals surface area (Å²) in [7, 11) is 1.32. The van der Waals surface area contributed by atoms with Crippen LogP contribution >= 0.6 is 12.2 Å². The summed E-state index contributed by atoms with van der Waals surface area (Å²) >= 11 is 5.10. The standard InChI is InChI=1S/C19H18N2O3S/c1-13-3-5-14(6-4-13)7-12-17(22)21-19(25)20-16-10-8-15(9-11-16)18(23)24-2/h3-12H,1-2H3,(H2,20,21,22,25)/b12-7+. The Morgan fingerprint density at radius 3 is 2.28 bits per heavy atom. The van der Waals surface area contributed by atoms with Gasteiger partial charge in [-0.1, -0.05) is 29.8 Å². The van der Waals surface area contributed by atoms with Crippen molar-refractivity contribution in [2.75, 3.05) is 12.4 Å². The van der Waals surface area contributed by atoms with Crippen LogP contribution in [0.15, 0.2) is 54.6 Å². The van der Waals surface area contributed by atoms with E-state index in [9.17, 15) is 9.59 Å². The molecule has 0 saturated heterocycles. The van der Waals surface area contributed by atoms with Crippen LogP contribution in [0.25, 0.3) is 6.08 Å². The third-order valence-corrected chi connectivity index (χ3v) is 3.51. The predicted octanol–water partition coefficient (Wildman–Crippen LogP) is 3.31. The van der Waals surface area contributed by atoms with E-state index in [4.69, 9.17) is 12.2 Å². The molecule has 0 atom stereocenters. The summed E-state index contributed by atoms with van der Waals surface area (Å²) < 4.78 is 4.63. The maximum absolute atomic E-state index is 11.9. The number of benzene rings is 2. The van der Waals surface area contributed by atoms with E-state index in [2.05, 4.69) is 15.4 Å². The molecule has 0 aliphatic heterocycles. The van der Waals surface area contributed by atoms with Crippen LogP contribution in [0.4, 0.5) is 5.69 Å². The van der Waals surface area contributed by atoms with Crippen molar-refractivity contribution in [3.63, 3.8) is 0 Å². The first kappa shape index (κ1) is 18.4. The van der Waals surface area contributed by atoms with Crippen LogP contribution in [0.3, 0.4) is 0 Å². The minimum absolute atomic E-state index is 0.171. The third kappa shape index (κ3) is 5.86. The summed E-state index contributed by atoms with van der Waals surface area (Å²) in [6.07, 6.45) is 3.13. The Hall–Kier alpha value is -2.99. The van der Waals surface area contributed by atoms with Gasteiger partial charge in [-0.25, -0.2) is 4.79 Å². The van der Waals surface area contributed by atoms with Crippen LogP contribution in [0, 0.1) is 6.92 Å². The predicted molar refractivity (Wildman–Crippen MR) is 102 cm³/mol. The van der Waals surface area contributed by atoms with Crippen LogP contribution in [0.2, 0.25) is 0 Å². The molecule has 0 aliphatic carbocycles. The molecule has 5 nitrogen and oxygen atoms in total. The average molecular weight is 354 g/mol. The molecule has 2 aromatic rings. The first-order valence-corrected chi connectivity index (χ1v) is 7.94. The zero-order chi connectivity index (χ0) is 18.2. The van der Waals surface area contributed by atoms with Crippen molar-refractivity contribution >= 4 is 41.0 Å². The van der Waals surface area contributed by atoms with E-state index in [1.807, 2.05) is 31.2 Å². The molecule has 0 fully saturated rings. The highest BCUT2D eigenvalue weighted by molar-refractivity contribution is 7.80. The number of carbonyl (C=O) groups is 2. The summed E-state index contributed by atoms with van der Waals surface area (Å²) in [5, 5.41) is 5.61. The summed E-state index contributed by atoms with van der Waals surface area (Å²) in [6, 6.07) is 14.4. The third-order valence-electron chi connectivity index (χ3n) is 3.31. The van der Waals surface area contributed by atoms with E-state index >= 15 is 0 Å². The molecule has 6 heteroatoms. The lowest BCUT2D eigenvalue weighted by Gasteiger charge is -2.08. The Morgan fingerprint density at radius 1 is 1.04 bits per heavy atom. The number of ether oxygens (including phenoxy) is 1. The first-order valence-electron chi connectivity index (χ1n) is 7.53. The van der Waals surface area contributed by atoms with Gasteiger partial charge >= 0.3 is 5.97 Å². The van der Waals surface area contributed by atoms with Crippen LogP contribution in [-0.4, -0.2) is 24.1 Å². The van der Waals surface area contributed by atoms with Crippen molar-refractivity contribution in [2.45, 2.75) is 6.92 Å². The smallest absolute Gasteiger partial charge is 0.337 e. The quantitative estimate of drug-likeness (QED) is 0.501. The number of nitrogens with one attached hydrogen (secondary N) is 2. The van der Waals surface area contributed by atoms with Crippen molar-refractivity contribution in [1.82, 2.24) is 5.32 Å². The summed E-state index contributed by atoms with van der Waals surface area (Å²) in [6.45, 7) is 2.00. The Labute approximate surface area is 151 Å². The van der Waals surface area contributed by atoms with Gasteiger partial charge in [0.25, 0.3) is 0 Å². The number of esters is 1. The zero-order valence-corrected chi connectivity index (χ0v) is 14.7. The lowest BCUT2D eigenvalue weighted by Crippen LogP contribution is -2.32. The van der Waals surface area contributed by atoms with E-state index in [1.165, 1.54) is 13.2 Å². The second-order valence-corrected chi connectivity index (χ2v) is 5.66. The van der Waals surface area contributed by atoms with Crippen molar-refractivity contribution in [3.05, 3.63) is 71.3 Å². The van der Waals surface area contributed by atoms with Gasteiger partial charge in [0.1, 0.15) is 0 Å². The number of methoxy groups -OCH3 is 1. The van der Waals surface area contributed by atoms with Crippen molar-refractivity contribution in [1.29, 1.82) is 0 Å². The fraction of sp³-hybridized carbons (Fsp3) is 0.105. The molecule has 0 aromatic heterocycles. The molecule has 2 N–H and O–H groups in total. The second kappa shape index (κ2) is 8.75. The fourth-order valence-electron chi connectivity index (χ4n) is 1.97. The normalized spacial score (nSPS) is 10.3. The van der Waals surface area contributed by atoms with E-state index in [-0.39, 0.29) is 11.0 Å². The van der Waals surface area contributed by atoms with Gasteiger partial charge in [-0.3, -0.25) is 10.1 Å². The Balaban J connectivity index is 1.87. The van der Waals surface area contributed by atoms with Crippen molar-refractivity contribution < 1.29 is 14.3 Å². The number of rotatable bonds is 4. The summed E-state index contributed by atoms with van der Waals surface area (Å²) in [5.74, 6) is -0.743. The molecule has 2 aromatic carbocycles. The topological polar surface area (TPSA) is 67.4 Å². The highest BCUT2D eigenvalue weighted by atomic mass is 32.1. The van der Waals surface area contributed by atoms with E-state index in [0.29, 0.717) is 11.3 Å². The summed E-state index contributed by atoms with van der Waals surface area (Å²) in [5.41, 5.74) is 3.17. The van der Waals surface area contributed by atoms with Gasteiger partial charge in [0, 0.05) is 11.8 Å². The molecular weight excluding hydrogens is 336 g/mol. The molecular formula is C19H18N2O3S. The van der Waals surface area contributed by atoms with Gasteiger partial charge in [-0.15, -0.1) is 0 Å². The zero-order valence-electron chi connectivity index (χ0n) is 13.9. The lowest BCUT2D eigenvalue weighted by molar-refractivity contribution is -0.115. The monoisotopic (exact) mass is 354 g/mol. The number of carbonyl (C=O) groups excluding carboxylic acids is 2.